The maximum Gasteiger partial charge on any atom is 0.129 e. The Hall–Kier alpha value is -1.17. The van der Waals surface area contributed by atoms with E-state index in [1.807, 2.05) is 24.3 Å². The molecular formula is C13H19NO3S. The highest BCUT2D eigenvalue weighted by Crippen LogP contribution is 2.17. The van der Waals surface area contributed by atoms with Crippen LogP contribution >= 0.6 is 12.2 Å². The molecule has 0 radical (unpaired) electrons. The van der Waals surface area contributed by atoms with E-state index in [9.17, 15) is 0 Å². The minimum Gasteiger partial charge on any atom is -0.490 e. The molecule has 100 valence electrons. The van der Waals surface area contributed by atoms with Crippen LogP contribution < -0.4 is 10.5 Å². The standard InChI is InChI=1S/C13H19NO3S/c1-15-7-4-8-16-9-10-17-12-6-3-2-5-11(12)13(14)18/h2-3,5-6H,4,7-10H2,1H3,(H2,14,18). The molecule has 0 unspecified atom stereocenters. The summed E-state index contributed by atoms with van der Waals surface area (Å²) in [6.45, 7) is 2.40. The Kier molecular flexibility index (Phi) is 7.32. The molecule has 0 aliphatic heterocycles. The summed E-state index contributed by atoms with van der Waals surface area (Å²) in [5, 5.41) is 0. The highest BCUT2D eigenvalue weighted by Gasteiger charge is 2.04. The minimum absolute atomic E-state index is 0.339. The average molecular weight is 269 g/mol. The maximum absolute atomic E-state index is 5.61. The van der Waals surface area contributed by atoms with E-state index in [-0.39, 0.29) is 0 Å². The van der Waals surface area contributed by atoms with Crippen molar-refractivity contribution in [1.82, 2.24) is 0 Å². The fraction of sp³-hybridized carbons (Fsp3) is 0.462. The zero-order valence-corrected chi connectivity index (χ0v) is 11.4. The van der Waals surface area contributed by atoms with E-state index in [0.717, 1.165) is 12.0 Å². The SMILES string of the molecule is COCCCOCCOc1ccccc1C(N)=S. The molecule has 0 bridgehead atoms. The molecule has 0 saturated carbocycles. The molecule has 1 aromatic carbocycles. The molecule has 0 spiro atoms. The molecule has 0 aliphatic carbocycles. The molecule has 0 atom stereocenters. The van der Waals surface area contributed by atoms with Crippen molar-refractivity contribution in [3.63, 3.8) is 0 Å². The Bertz CT molecular complexity index is 371. The van der Waals surface area contributed by atoms with Crippen molar-refractivity contribution >= 4 is 17.2 Å². The molecule has 1 aromatic rings. The Morgan fingerprint density at radius 2 is 1.94 bits per heavy atom. The molecule has 5 heteroatoms. The summed E-state index contributed by atoms with van der Waals surface area (Å²) in [4.78, 5) is 0.339. The van der Waals surface area contributed by atoms with Crippen LogP contribution in [0, 0.1) is 0 Å². The van der Waals surface area contributed by atoms with Gasteiger partial charge < -0.3 is 19.9 Å². The van der Waals surface area contributed by atoms with Crippen LogP contribution in [0.4, 0.5) is 0 Å². The van der Waals surface area contributed by atoms with E-state index in [4.69, 9.17) is 32.2 Å². The molecule has 2 N–H and O–H groups in total. The second-order valence-electron chi connectivity index (χ2n) is 3.67. The summed E-state index contributed by atoms with van der Waals surface area (Å²) >= 11 is 4.95. The summed E-state index contributed by atoms with van der Waals surface area (Å²) in [7, 11) is 1.68. The largest absolute Gasteiger partial charge is 0.490 e. The quantitative estimate of drug-likeness (QED) is 0.547. The third-order valence-electron chi connectivity index (χ3n) is 2.27. The molecule has 1 rings (SSSR count). The number of methoxy groups -OCH3 is 1. The first-order valence-electron chi connectivity index (χ1n) is 5.84. The van der Waals surface area contributed by atoms with Crippen molar-refractivity contribution in [2.75, 3.05) is 33.5 Å². The molecule has 0 heterocycles. The molecule has 4 nitrogen and oxygen atoms in total. The van der Waals surface area contributed by atoms with Crippen molar-refractivity contribution in [3.05, 3.63) is 29.8 Å². The molecule has 0 fully saturated rings. The van der Waals surface area contributed by atoms with Crippen molar-refractivity contribution in [2.45, 2.75) is 6.42 Å². The summed E-state index contributed by atoms with van der Waals surface area (Å²) in [5.74, 6) is 0.700. The third-order valence-corrected chi connectivity index (χ3v) is 2.49. The molecule has 0 saturated heterocycles. The third kappa shape index (κ3) is 5.44. The van der Waals surface area contributed by atoms with Gasteiger partial charge in [-0.3, -0.25) is 0 Å². The van der Waals surface area contributed by atoms with Crippen LogP contribution in [0.2, 0.25) is 0 Å². The number of nitrogens with two attached hydrogens (primary N) is 1. The summed E-state index contributed by atoms with van der Waals surface area (Å²) in [6.07, 6.45) is 0.889. The van der Waals surface area contributed by atoms with Gasteiger partial charge in [0.05, 0.1) is 12.2 Å². The Morgan fingerprint density at radius 1 is 1.17 bits per heavy atom. The van der Waals surface area contributed by atoms with Gasteiger partial charge >= 0.3 is 0 Å². The lowest BCUT2D eigenvalue weighted by atomic mass is 10.2. The van der Waals surface area contributed by atoms with Gasteiger partial charge in [-0.05, 0) is 18.6 Å². The number of rotatable bonds is 9. The molecule has 0 amide bonds. The van der Waals surface area contributed by atoms with Crippen molar-refractivity contribution in [2.24, 2.45) is 5.73 Å². The first-order valence-corrected chi connectivity index (χ1v) is 6.25. The zero-order valence-electron chi connectivity index (χ0n) is 10.6. The van der Waals surface area contributed by atoms with Crippen LogP contribution in [0.15, 0.2) is 24.3 Å². The molecule has 18 heavy (non-hydrogen) atoms. The smallest absolute Gasteiger partial charge is 0.129 e. The van der Waals surface area contributed by atoms with E-state index in [1.54, 1.807) is 7.11 Å². The number of hydrogen-bond donors (Lipinski definition) is 1. The van der Waals surface area contributed by atoms with Gasteiger partial charge in [-0.1, -0.05) is 24.4 Å². The van der Waals surface area contributed by atoms with Crippen LogP contribution in [0.5, 0.6) is 5.75 Å². The molecule has 0 aliphatic rings. The van der Waals surface area contributed by atoms with Crippen LogP contribution in [0.1, 0.15) is 12.0 Å². The summed E-state index contributed by atoms with van der Waals surface area (Å²) in [5.41, 5.74) is 6.36. The van der Waals surface area contributed by atoms with Gasteiger partial charge in [0.25, 0.3) is 0 Å². The first kappa shape index (κ1) is 14.9. The van der Waals surface area contributed by atoms with E-state index in [1.165, 1.54) is 0 Å². The van der Waals surface area contributed by atoms with Crippen molar-refractivity contribution in [1.29, 1.82) is 0 Å². The number of hydrogen-bond acceptors (Lipinski definition) is 4. The van der Waals surface area contributed by atoms with Crippen molar-refractivity contribution in [3.8, 4) is 5.75 Å². The fourth-order valence-electron chi connectivity index (χ4n) is 1.41. The van der Waals surface area contributed by atoms with Gasteiger partial charge in [0.15, 0.2) is 0 Å². The minimum atomic E-state index is 0.339. The van der Waals surface area contributed by atoms with Gasteiger partial charge in [-0.15, -0.1) is 0 Å². The Labute approximate surface area is 113 Å². The molecular weight excluding hydrogens is 250 g/mol. The normalized spacial score (nSPS) is 10.3. The van der Waals surface area contributed by atoms with Crippen molar-refractivity contribution < 1.29 is 14.2 Å². The Morgan fingerprint density at radius 3 is 2.67 bits per heavy atom. The van der Waals surface area contributed by atoms with Crippen LogP contribution in [-0.2, 0) is 9.47 Å². The highest BCUT2D eigenvalue weighted by atomic mass is 32.1. The second-order valence-corrected chi connectivity index (χ2v) is 4.11. The first-order chi connectivity index (χ1) is 8.75. The monoisotopic (exact) mass is 269 g/mol. The second kappa shape index (κ2) is 8.85. The maximum atomic E-state index is 5.61. The number of thiocarbonyl (C=S) groups is 1. The summed E-state index contributed by atoms with van der Waals surface area (Å²) < 4.78 is 15.9. The predicted octanol–water partition coefficient (Wildman–Crippen LogP) is 1.75. The van der Waals surface area contributed by atoms with Crippen LogP contribution in [-0.4, -0.2) is 38.5 Å². The van der Waals surface area contributed by atoms with Crippen LogP contribution in [0.25, 0.3) is 0 Å². The van der Waals surface area contributed by atoms with E-state index < -0.39 is 0 Å². The Balaban J connectivity index is 2.25. The van der Waals surface area contributed by atoms with Gasteiger partial charge in [-0.25, -0.2) is 0 Å². The fourth-order valence-corrected chi connectivity index (χ4v) is 1.58. The predicted molar refractivity (Wildman–Crippen MR) is 75.1 cm³/mol. The topological polar surface area (TPSA) is 53.7 Å². The highest BCUT2D eigenvalue weighted by molar-refractivity contribution is 7.80. The lowest BCUT2D eigenvalue weighted by Gasteiger charge is -2.10. The van der Waals surface area contributed by atoms with Gasteiger partial charge in [0, 0.05) is 20.3 Å². The van der Waals surface area contributed by atoms with Gasteiger partial charge in [0.1, 0.15) is 17.3 Å². The van der Waals surface area contributed by atoms with Gasteiger partial charge in [-0.2, -0.15) is 0 Å². The van der Waals surface area contributed by atoms with Gasteiger partial charge in [0.2, 0.25) is 0 Å². The lowest BCUT2D eigenvalue weighted by Crippen LogP contribution is -2.14. The molecule has 0 aromatic heterocycles. The van der Waals surface area contributed by atoms with E-state index in [2.05, 4.69) is 0 Å². The summed E-state index contributed by atoms with van der Waals surface area (Å²) in [6, 6.07) is 7.45. The average Bonchev–Trinajstić information content (AvgIpc) is 2.38. The number of ether oxygens (including phenoxy) is 3. The number of para-hydroxylation sites is 1. The van der Waals surface area contributed by atoms with E-state index >= 15 is 0 Å². The van der Waals surface area contributed by atoms with Crippen LogP contribution in [0.3, 0.4) is 0 Å². The number of benzene rings is 1. The lowest BCUT2D eigenvalue weighted by molar-refractivity contribution is 0.0806. The van der Waals surface area contributed by atoms with E-state index in [0.29, 0.717) is 37.2 Å². The zero-order chi connectivity index (χ0) is 13.2.